The van der Waals surface area contributed by atoms with Crippen LogP contribution in [0, 0.1) is 13.8 Å². The van der Waals surface area contributed by atoms with Crippen LogP contribution in [0.15, 0.2) is 47.5 Å². The molecule has 0 saturated carbocycles. The number of rotatable bonds is 6. The fourth-order valence-corrected chi connectivity index (χ4v) is 4.28. The molecule has 0 spiro atoms. The number of thioether (sulfide) groups is 1. The van der Waals surface area contributed by atoms with Gasteiger partial charge in [0, 0.05) is 24.2 Å². The number of fused-ring (bicyclic) bond motifs is 1. The van der Waals surface area contributed by atoms with Crippen molar-refractivity contribution in [3.05, 3.63) is 59.4 Å². The number of aryl methyl sites for hydroxylation is 1. The number of carbonyl (C=O) groups is 1. The van der Waals surface area contributed by atoms with Crippen molar-refractivity contribution in [2.45, 2.75) is 25.4 Å². The zero-order valence-electron chi connectivity index (χ0n) is 17.4. The van der Waals surface area contributed by atoms with Gasteiger partial charge in [-0.05, 0) is 37.1 Å². The highest BCUT2D eigenvalue weighted by molar-refractivity contribution is 8.00. The summed E-state index contributed by atoms with van der Waals surface area (Å²) in [4.78, 5) is 24.4. The van der Waals surface area contributed by atoms with Gasteiger partial charge in [-0.3, -0.25) is 9.69 Å². The molecule has 1 aromatic heterocycles. The van der Waals surface area contributed by atoms with Gasteiger partial charge in [-0.2, -0.15) is 0 Å². The summed E-state index contributed by atoms with van der Waals surface area (Å²) in [5.74, 6) is 1.05. The number of nitrogens with one attached hydrogen (secondary N) is 1. The van der Waals surface area contributed by atoms with E-state index in [4.69, 9.17) is 14.7 Å². The van der Waals surface area contributed by atoms with Crippen molar-refractivity contribution in [3.63, 3.8) is 0 Å². The van der Waals surface area contributed by atoms with Crippen molar-refractivity contribution >= 4 is 34.3 Å². The van der Waals surface area contributed by atoms with E-state index in [1.54, 1.807) is 0 Å². The highest BCUT2D eigenvalue weighted by Gasteiger charge is 2.15. The standard InChI is InChI=1S/C23H26N4O2S/c1-16-6-5-9-19(17(16)2)25-22(28)15-30-23-18-7-3-4-8-20(18)24-21(26-23)14-27-10-12-29-13-11-27/h3-9H,10-15H2,1-2H3,(H,25,28). The Balaban J connectivity index is 1.49. The fourth-order valence-electron chi connectivity index (χ4n) is 3.44. The van der Waals surface area contributed by atoms with E-state index < -0.39 is 0 Å². The first-order valence-electron chi connectivity index (χ1n) is 10.1. The fraction of sp³-hybridized carbons (Fsp3) is 0.348. The van der Waals surface area contributed by atoms with Crippen LogP contribution in [-0.4, -0.2) is 52.8 Å². The topological polar surface area (TPSA) is 67.4 Å². The lowest BCUT2D eigenvalue weighted by Crippen LogP contribution is -2.36. The Kier molecular flexibility index (Phi) is 6.62. The summed E-state index contributed by atoms with van der Waals surface area (Å²) in [5.41, 5.74) is 4.03. The van der Waals surface area contributed by atoms with E-state index in [9.17, 15) is 4.79 Å². The highest BCUT2D eigenvalue weighted by atomic mass is 32.2. The normalized spacial score (nSPS) is 14.7. The van der Waals surface area contributed by atoms with Crippen LogP contribution in [0.5, 0.6) is 0 Å². The summed E-state index contributed by atoms with van der Waals surface area (Å²) in [7, 11) is 0. The summed E-state index contributed by atoms with van der Waals surface area (Å²) in [5, 5.41) is 4.85. The summed E-state index contributed by atoms with van der Waals surface area (Å²) in [6.45, 7) is 8.02. The Bertz CT molecular complexity index is 1050. The van der Waals surface area contributed by atoms with Crippen molar-refractivity contribution in [2.24, 2.45) is 0 Å². The molecule has 1 fully saturated rings. The van der Waals surface area contributed by atoms with Crippen LogP contribution in [-0.2, 0) is 16.1 Å². The predicted octanol–water partition coefficient (Wildman–Crippen LogP) is 3.81. The van der Waals surface area contributed by atoms with E-state index in [0.717, 1.165) is 64.9 Å². The van der Waals surface area contributed by atoms with Crippen LogP contribution in [0.25, 0.3) is 10.9 Å². The minimum absolute atomic E-state index is 0.0360. The van der Waals surface area contributed by atoms with E-state index in [1.807, 2.05) is 56.3 Å². The van der Waals surface area contributed by atoms with Gasteiger partial charge in [0.25, 0.3) is 0 Å². The molecular weight excluding hydrogens is 396 g/mol. The molecule has 0 radical (unpaired) electrons. The Morgan fingerprint density at radius 3 is 2.73 bits per heavy atom. The third kappa shape index (κ3) is 4.98. The van der Waals surface area contributed by atoms with Gasteiger partial charge >= 0.3 is 0 Å². The molecule has 1 amide bonds. The number of carbonyl (C=O) groups excluding carboxylic acids is 1. The molecule has 0 atom stereocenters. The average Bonchev–Trinajstić information content (AvgIpc) is 2.76. The smallest absolute Gasteiger partial charge is 0.234 e. The Morgan fingerprint density at radius 2 is 1.90 bits per heavy atom. The predicted molar refractivity (Wildman–Crippen MR) is 121 cm³/mol. The van der Waals surface area contributed by atoms with Gasteiger partial charge in [0.05, 0.1) is 31.0 Å². The SMILES string of the molecule is Cc1cccc(NC(=O)CSc2nc(CN3CCOCC3)nc3ccccc23)c1C. The summed E-state index contributed by atoms with van der Waals surface area (Å²) >= 11 is 1.46. The van der Waals surface area contributed by atoms with Crippen LogP contribution in [0.3, 0.4) is 0 Å². The highest BCUT2D eigenvalue weighted by Crippen LogP contribution is 2.26. The molecule has 6 nitrogen and oxygen atoms in total. The van der Waals surface area contributed by atoms with Crippen molar-refractivity contribution < 1.29 is 9.53 Å². The van der Waals surface area contributed by atoms with Gasteiger partial charge in [0.15, 0.2) is 0 Å². The lowest BCUT2D eigenvalue weighted by atomic mass is 10.1. The molecule has 1 aliphatic rings. The maximum Gasteiger partial charge on any atom is 0.234 e. The summed E-state index contributed by atoms with van der Waals surface area (Å²) in [6, 6.07) is 13.9. The zero-order valence-corrected chi connectivity index (χ0v) is 18.2. The number of morpholine rings is 1. The van der Waals surface area contributed by atoms with Gasteiger partial charge in [0.1, 0.15) is 10.9 Å². The monoisotopic (exact) mass is 422 g/mol. The minimum Gasteiger partial charge on any atom is -0.379 e. The van der Waals surface area contributed by atoms with Crippen LogP contribution in [0.2, 0.25) is 0 Å². The second-order valence-electron chi connectivity index (χ2n) is 7.43. The van der Waals surface area contributed by atoms with Gasteiger partial charge in [-0.25, -0.2) is 9.97 Å². The Morgan fingerprint density at radius 1 is 1.10 bits per heavy atom. The Labute approximate surface area is 181 Å². The number of amides is 1. The molecule has 30 heavy (non-hydrogen) atoms. The number of hydrogen-bond donors (Lipinski definition) is 1. The number of anilines is 1. The number of benzene rings is 2. The van der Waals surface area contributed by atoms with E-state index in [0.29, 0.717) is 12.3 Å². The van der Waals surface area contributed by atoms with Crippen molar-refractivity contribution in [1.29, 1.82) is 0 Å². The van der Waals surface area contributed by atoms with Crippen LogP contribution in [0.1, 0.15) is 17.0 Å². The van der Waals surface area contributed by atoms with Crippen molar-refractivity contribution in [1.82, 2.24) is 14.9 Å². The molecule has 1 N–H and O–H groups in total. The third-order valence-electron chi connectivity index (χ3n) is 5.30. The first-order valence-corrected chi connectivity index (χ1v) is 11.1. The van der Waals surface area contributed by atoms with Crippen molar-refractivity contribution in [3.8, 4) is 0 Å². The minimum atomic E-state index is -0.0360. The van der Waals surface area contributed by atoms with Gasteiger partial charge in [-0.1, -0.05) is 42.1 Å². The molecule has 156 valence electrons. The first kappa shape index (κ1) is 20.8. The number of hydrogen-bond acceptors (Lipinski definition) is 6. The van der Waals surface area contributed by atoms with Gasteiger partial charge in [0.2, 0.25) is 5.91 Å². The largest absolute Gasteiger partial charge is 0.379 e. The molecule has 4 rings (SSSR count). The van der Waals surface area contributed by atoms with Crippen molar-refractivity contribution in [2.75, 3.05) is 37.4 Å². The quantitative estimate of drug-likeness (QED) is 0.481. The summed E-state index contributed by atoms with van der Waals surface area (Å²) < 4.78 is 5.43. The van der Waals surface area contributed by atoms with Gasteiger partial charge < -0.3 is 10.1 Å². The van der Waals surface area contributed by atoms with E-state index >= 15 is 0 Å². The van der Waals surface area contributed by atoms with Gasteiger partial charge in [-0.15, -0.1) is 0 Å². The van der Waals surface area contributed by atoms with Crippen LogP contribution >= 0.6 is 11.8 Å². The first-order chi connectivity index (χ1) is 14.6. The van der Waals surface area contributed by atoms with E-state index in [2.05, 4.69) is 10.2 Å². The number of ether oxygens (including phenoxy) is 1. The molecule has 1 aliphatic heterocycles. The second-order valence-corrected chi connectivity index (χ2v) is 8.40. The second kappa shape index (κ2) is 9.55. The van der Waals surface area contributed by atoms with Crippen LogP contribution < -0.4 is 5.32 Å². The lowest BCUT2D eigenvalue weighted by molar-refractivity contribution is -0.113. The number of para-hydroxylation sites is 1. The number of aromatic nitrogens is 2. The molecular formula is C23H26N4O2S. The molecule has 0 unspecified atom stereocenters. The van der Waals surface area contributed by atoms with E-state index in [1.165, 1.54) is 11.8 Å². The summed E-state index contributed by atoms with van der Waals surface area (Å²) in [6.07, 6.45) is 0. The zero-order chi connectivity index (χ0) is 20.9. The maximum absolute atomic E-state index is 12.6. The molecule has 2 heterocycles. The third-order valence-corrected chi connectivity index (χ3v) is 6.29. The maximum atomic E-state index is 12.6. The van der Waals surface area contributed by atoms with Crippen LogP contribution in [0.4, 0.5) is 5.69 Å². The molecule has 2 aromatic carbocycles. The number of nitrogens with zero attached hydrogens (tertiary/aromatic N) is 3. The molecule has 1 saturated heterocycles. The molecule has 3 aromatic rings. The average molecular weight is 423 g/mol. The molecule has 7 heteroatoms. The lowest BCUT2D eigenvalue weighted by Gasteiger charge is -2.25. The Hall–Kier alpha value is -2.48. The molecule has 0 bridgehead atoms. The van der Waals surface area contributed by atoms with E-state index in [-0.39, 0.29) is 5.91 Å². The molecule has 0 aliphatic carbocycles.